The standard InChI is InChI=1S/C19H18FN3OS/c1-13-10-17(18(24)12-25-19-21-8-3-9-22-19)14(2)23(13)11-15-4-6-16(20)7-5-15/h3-10H,11-12H2,1-2H3. The predicted molar refractivity (Wildman–Crippen MR) is 96.5 cm³/mol. The van der Waals surface area contributed by atoms with E-state index in [1.807, 2.05) is 19.9 Å². The molecule has 6 heteroatoms. The lowest BCUT2D eigenvalue weighted by Gasteiger charge is -2.10. The van der Waals surface area contributed by atoms with E-state index in [1.165, 1.54) is 23.9 Å². The van der Waals surface area contributed by atoms with Crippen molar-refractivity contribution in [1.82, 2.24) is 14.5 Å². The van der Waals surface area contributed by atoms with Crippen molar-refractivity contribution < 1.29 is 9.18 Å². The van der Waals surface area contributed by atoms with Crippen LogP contribution in [-0.4, -0.2) is 26.1 Å². The molecule has 2 heterocycles. The van der Waals surface area contributed by atoms with Gasteiger partial charge in [0.1, 0.15) is 5.82 Å². The van der Waals surface area contributed by atoms with Gasteiger partial charge in [-0.05, 0) is 43.7 Å². The number of ketones is 1. The number of hydrogen-bond donors (Lipinski definition) is 0. The van der Waals surface area contributed by atoms with Crippen LogP contribution in [0.15, 0.2) is 53.9 Å². The van der Waals surface area contributed by atoms with Crippen LogP contribution in [0.5, 0.6) is 0 Å². The van der Waals surface area contributed by atoms with Crippen LogP contribution in [0.25, 0.3) is 0 Å². The number of thioether (sulfide) groups is 1. The Kier molecular flexibility index (Phi) is 5.28. The molecule has 0 N–H and O–H groups in total. The molecule has 3 rings (SSSR count). The summed E-state index contributed by atoms with van der Waals surface area (Å²) in [6, 6.07) is 10.1. The summed E-state index contributed by atoms with van der Waals surface area (Å²) >= 11 is 1.33. The van der Waals surface area contributed by atoms with Gasteiger partial charge in [-0.3, -0.25) is 4.79 Å². The van der Waals surface area contributed by atoms with E-state index in [-0.39, 0.29) is 11.6 Å². The van der Waals surface area contributed by atoms with Crippen molar-refractivity contribution in [1.29, 1.82) is 0 Å². The lowest BCUT2D eigenvalue weighted by Crippen LogP contribution is -2.08. The third-order valence-corrected chi connectivity index (χ3v) is 4.88. The quantitative estimate of drug-likeness (QED) is 0.380. The monoisotopic (exact) mass is 355 g/mol. The Morgan fingerprint density at radius 2 is 1.84 bits per heavy atom. The highest BCUT2D eigenvalue weighted by Gasteiger charge is 2.16. The van der Waals surface area contributed by atoms with Crippen LogP contribution >= 0.6 is 11.8 Å². The molecule has 0 amide bonds. The Labute approximate surface area is 150 Å². The molecular formula is C19H18FN3OS. The number of halogens is 1. The second-order valence-electron chi connectivity index (χ2n) is 5.74. The maximum atomic E-state index is 13.1. The Balaban J connectivity index is 1.74. The van der Waals surface area contributed by atoms with Crippen LogP contribution in [0, 0.1) is 19.7 Å². The average Bonchev–Trinajstić information content (AvgIpc) is 2.90. The SMILES string of the molecule is Cc1cc(C(=O)CSc2ncccn2)c(C)n1Cc1ccc(F)cc1. The van der Waals surface area contributed by atoms with Gasteiger partial charge in [0, 0.05) is 35.9 Å². The van der Waals surface area contributed by atoms with Gasteiger partial charge in [0.05, 0.1) is 5.75 Å². The van der Waals surface area contributed by atoms with Gasteiger partial charge in [-0.15, -0.1) is 0 Å². The highest BCUT2D eigenvalue weighted by Crippen LogP contribution is 2.21. The van der Waals surface area contributed by atoms with E-state index in [2.05, 4.69) is 14.5 Å². The summed E-state index contributed by atoms with van der Waals surface area (Å²) < 4.78 is 15.1. The fourth-order valence-electron chi connectivity index (χ4n) is 2.67. The van der Waals surface area contributed by atoms with E-state index in [9.17, 15) is 9.18 Å². The Morgan fingerprint density at radius 1 is 1.16 bits per heavy atom. The molecule has 0 saturated carbocycles. The van der Waals surface area contributed by atoms with Crippen molar-refractivity contribution in [3.63, 3.8) is 0 Å². The second kappa shape index (κ2) is 7.61. The normalized spacial score (nSPS) is 10.8. The number of aromatic nitrogens is 3. The zero-order valence-corrected chi connectivity index (χ0v) is 14.9. The molecule has 0 aliphatic rings. The topological polar surface area (TPSA) is 47.8 Å². The highest BCUT2D eigenvalue weighted by atomic mass is 32.2. The molecule has 128 valence electrons. The van der Waals surface area contributed by atoms with Crippen molar-refractivity contribution >= 4 is 17.5 Å². The molecule has 0 fully saturated rings. The van der Waals surface area contributed by atoms with E-state index < -0.39 is 0 Å². The van der Waals surface area contributed by atoms with Crippen molar-refractivity contribution in [2.75, 3.05) is 5.75 Å². The van der Waals surface area contributed by atoms with Gasteiger partial charge in [0.15, 0.2) is 10.9 Å². The fourth-order valence-corrected chi connectivity index (χ4v) is 3.35. The van der Waals surface area contributed by atoms with Crippen molar-refractivity contribution in [3.8, 4) is 0 Å². The molecule has 4 nitrogen and oxygen atoms in total. The average molecular weight is 355 g/mol. The molecule has 0 saturated heterocycles. The fraction of sp³-hybridized carbons (Fsp3) is 0.211. The first-order valence-corrected chi connectivity index (χ1v) is 8.87. The van der Waals surface area contributed by atoms with Crippen LogP contribution in [0.3, 0.4) is 0 Å². The third kappa shape index (κ3) is 4.14. The zero-order valence-electron chi connectivity index (χ0n) is 14.1. The number of hydrogen-bond acceptors (Lipinski definition) is 4. The van der Waals surface area contributed by atoms with Gasteiger partial charge in [-0.2, -0.15) is 0 Å². The van der Waals surface area contributed by atoms with Crippen LogP contribution in [-0.2, 0) is 6.54 Å². The van der Waals surface area contributed by atoms with Crippen molar-refractivity contribution in [2.24, 2.45) is 0 Å². The summed E-state index contributed by atoms with van der Waals surface area (Å²) in [5, 5.41) is 0.593. The first-order valence-electron chi connectivity index (χ1n) is 7.89. The van der Waals surface area contributed by atoms with Gasteiger partial charge >= 0.3 is 0 Å². The summed E-state index contributed by atoms with van der Waals surface area (Å²) in [7, 11) is 0. The Morgan fingerprint density at radius 3 is 2.52 bits per heavy atom. The Bertz CT molecular complexity index is 876. The lowest BCUT2D eigenvalue weighted by molar-refractivity contribution is 0.102. The molecular weight excluding hydrogens is 337 g/mol. The zero-order chi connectivity index (χ0) is 17.8. The first kappa shape index (κ1) is 17.4. The number of nitrogens with zero attached hydrogens (tertiary/aromatic N) is 3. The molecule has 0 radical (unpaired) electrons. The number of benzene rings is 1. The lowest BCUT2D eigenvalue weighted by atomic mass is 10.2. The summed E-state index contributed by atoms with van der Waals surface area (Å²) in [6.45, 7) is 4.52. The summed E-state index contributed by atoms with van der Waals surface area (Å²) in [4.78, 5) is 20.8. The third-order valence-electron chi connectivity index (χ3n) is 4.00. The van der Waals surface area contributed by atoms with Crippen LogP contribution < -0.4 is 0 Å². The summed E-state index contributed by atoms with van der Waals surface area (Å²) in [5.74, 6) is 0.0989. The van der Waals surface area contributed by atoms with Gasteiger partial charge in [0.25, 0.3) is 0 Å². The molecule has 0 spiro atoms. The molecule has 0 atom stereocenters. The first-order chi connectivity index (χ1) is 12.0. The predicted octanol–water partition coefficient (Wildman–Crippen LogP) is 4.06. The minimum Gasteiger partial charge on any atom is -0.344 e. The van der Waals surface area contributed by atoms with E-state index >= 15 is 0 Å². The molecule has 0 bridgehead atoms. The van der Waals surface area contributed by atoms with Gasteiger partial charge < -0.3 is 4.57 Å². The number of carbonyl (C=O) groups is 1. The molecule has 0 unspecified atom stereocenters. The Hall–Kier alpha value is -2.47. The number of rotatable bonds is 6. The van der Waals surface area contributed by atoms with Crippen LogP contribution in [0.4, 0.5) is 4.39 Å². The molecule has 3 aromatic rings. The smallest absolute Gasteiger partial charge is 0.187 e. The van der Waals surface area contributed by atoms with Gasteiger partial charge in [-0.1, -0.05) is 23.9 Å². The van der Waals surface area contributed by atoms with E-state index in [0.717, 1.165) is 17.0 Å². The van der Waals surface area contributed by atoms with Crippen LogP contribution in [0.1, 0.15) is 27.3 Å². The van der Waals surface area contributed by atoms with E-state index in [1.54, 1.807) is 30.6 Å². The highest BCUT2D eigenvalue weighted by molar-refractivity contribution is 7.99. The number of carbonyl (C=O) groups excluding carboxylic acids is 1. The molecule has 0 aliphatic carbocycles. The van der Waals surface area contributed by atoms with Crippen LogP contribution in [0.2, 0.25) is 0 Å². The van der Waals surface area contributed by atoms with Crippen molar-refractivity contribution in [3.05, 3.63) is 77.1 Å². The maximum absolute atomic E-state index is 13.1. The minimum absolute atomic E-state index is 0.0518. The second-order valence-corrected chi connectivity index (χ2v) is 6.68. The minimum atomic E-state index is -0.249. The van der Waals surface area contributed by atoms with E-state index in [0.29, 0.717) is 23.0 Å². The largest absolute Gasteiger partial charge is 0.344 e. The number of Topliss-reactive ketones (excluding diaryl/α,β-unsaturated/α-hetero) is 1. The molecule has 0 aliphatic heterocycles. The summed E-state index contributed by atoms with van der Waals surface area (Å²) in [5.41, 5.74) is 3.63. The van der Waals surface area contributed by atoms with Gasteiger partial charge in [0.2, 0.25) is 0 Å². The summed E-state index contributed by atoms with van der Waals surface area (Å²) in [6.07, 6.45) is 3.32. The van der Waals surface area contributed by atoms with E-state index in [4.69, 9.17) is 0 Å². The molecule has 1 aromatic carbocycles. The number of aryl methyl sites for hydroxylation is 1. The van der Waals surface area contributed by atoms with Gasteiger partial charge in [-0.25, -0.2) is 14.4 Å². The maximum Gasteiger partial charge on any atom is 0.187 e. The molecule has 25 heavy (non-hydrogen) atoms. The van der Waals surface area contributed by atoms with Crippen molar-refractivity contribution in [2.45, 2.75) is 25.5 Å². The molecule has 2 aromatic heterocycles.